The second kappa shape index (κ2) is 12.5. The van der Waals surface area contributed by atoms with Gasteiger partial charge in [-0.25, -0.2) is 0 Å². The number of rotatable bonds is 14. The molecule has 2 atom stereocenters. The van der Waals surface area contributed by atoms with Crippen LogP contribution in [0.5, 0.6) is 0 Å². The first-order valence-electron chi connectivity index (χ1n) is 10.1. The molecule has 0 bridgehead atoms. The molecule has 1 aromatic rings. The van der Waals surface area contributed by atoms with E-state index in [4.69, 9.17) is 5.73 Å². The second-order valence-corrected chi connectivity index (χ2v) is 7.64. The maximum Gasteiger partial charge on any atom is 0.111 e. The van der Waals surface area contributed by atoms with Crippen LogP contribution in [-0.4, -0.2) is 10.8 Å². The Hall–Kier alpha value is -0.860. The topological polar surface area (TPSA) is 46.2 Å². The fourth-order valence-electron chi connectivity index (χ4n) is 3.49. The summed E-state index contributed by atoms with van der Waals surface area (Å²) in [5, 5.41) is 9.99. The van der Waals surface area contributed by atoms with Gasteiger partial charge >= 0.3 is 0 Å². The minimum Gasteiger partial charge on any atom is -0.376 e. The van der Waals surface area contributed by atoms with Crippen LogP contribution in [0, 0.1) is 0 Å². The lowest BCUT2D eigenvalue weighted by molar-refractivity contribution is 0.0488. The van der Waals surface area contributed by atoms with Crippen molar-refractivity contribution in [3.8, 4) is 0 Å². The van der Waals surface area contributed by atoms with E-state index in [0.29, 0.717) is 12.3 Å². The molecule has 0 heterocycles. The number of nitrogens with two attached hydrogens (primary N) is 1. The molecule has 2 unspecified atom stereocenters. The Kier molecular flexibility index (Phi) is 11.0. The van der Waals surface area contributed by atoms with E-state index in [9.17, 15) is 5.11 Å². The van der Waals surface area contributed by atoms with E-state index in [1.54, 1.807) is 6.92 Å². The minimum atomic E-state index is -1.08. The molecule has 0 aliphatic heterocycles. The summed E-state index contributed by atoms with van der Waals surface area (Å²) in [6.07, 6.45) is 15.3. The fraction of sp³-hybridized carbons (Fsp3) is 0.727. The predicted octanol–water partition coefficient (Wildman–Crippen LogP) is 6.14. The summed E-state index contributed by atoms with van der Waals surface area (Å²) in [5.74, 6) is 0.361. The molecule has 0 fully saturated rings. The summed E-state index contributed by atoms with van der Waals surface area (Å²) in [4.78, 5) is 0. The van der Waals surface area contributed by atoms with Crippen LogP contribution < -0.4 is 5.73 Å². The van der Waals surface area contributed by atoms with Gasteiger partial charge in [0.05, 0.1) is 0 Å². The van der Waals surface area contributed by atoms with Crippen LogP contribution in [0.15, 0.2) is 30.3 Å². The van der Waals surface area contributed by atoms with Gasteiger partial charge in [-0.15, -0.1) is 0 Å². The van der Waals surface area contributed by atoms with E-state index < -0.39 is 5.72 Å². The number of benzene rings is 1. The normalized spacial score (nSPS) is 15.2. The molecule has 24 heavy (non-hydrogen) atoms. The third kappa shape index (κ3) is 10.8. The van der Waals surface area contributed by atoms with Crippen LogP contribution in [0.2, 0.25) is 0 Å². The Morgan fingerprint density at radius 2 is 1.38 bits per heavy atom. The molecule has 0 aliphatic carbocycles. The Bertz CT molecular complexity index is 396. The molecular weight excluding hydrogens is 294 g/mol. The van der Waals surface area contributed by atoms with Crippen molar-refractivity contribution < 1.29 is 5.11 Å². The maximum absolute atomic E-state index is 9.99. The molecule has 0 saturated carbocycles. The van der Waals surface area contributed by atoms with Crippen molar-refractivity contribution in [2.45, 2.75) is 103 Å². The van der Waals surface area contributed by atoms with E-state index in [1.165, 1.54) is 69.8 Å². The third-order valence-corrected chi connectivity index (χ3v) is 4.84. The van der Waals surface area contributed by atoms with Crippen molar-refractivity contribution in [1.29, 1.82) is 0 Å². The third-order valence-electron chi connectivity index (χ3n) is 4.84. The van der Waals surface area contributed by atoms with Gasteiger partial charge in [-0.1, -0.05) is 101 Å². The van der Waals surface area contributed by atoms with Crippen LogP contribution in [0.1, 0.15) is 102 Å². The molecular formula is C22H39NO. The van der Waals surface area contributed by atoms with Gasteiger partial charge in [0.25, 0.3) is 0 Å². The lowest BCUT2D eigenvalue weighted by atomic mass is 9.87. The number of unbranched alkanes of at least 4 members (excludes halogenated alkanes) is 9. The molecule has 0 aliphatic rings. The molecule has 0 saturated heterocycles. The van der Waals surface area contributed by atoms with E-state index in [-0.39, 0.29) is 0 Å². The number of hydrogen-bond acceptors (Lipinski definition) is 2. The van der Waals surface area contributed by atoms with Gasteiger partial charge in [-0.05, 0) is 31.2 Å². The van der Waals surface area contributed by atoms with Crippen molar-refractivity contribution in [2.75, 3.05) is 0 Å². The lowest BCUT2D eigenvalue weighted by Gasteiger charge is -2.25. The first-order chi connectivity index (χ1) is 11.5. The first kappa shape index (κ1) is 21.2. The van der Waals surface area contributed by atoms with Gasteiger partial charge in [-0.2, -0.15) is 0 Å². The molecule has 1 aromatic carbocycles. The molecule has 2 nitrogen and oxygen atoms in total. The van der Waals surface area contributed by atoms with Crippen LogP contribution in [0.25, 0.3) is 0 Å². The zero-order valence-corrected chi connectivity index (χ0v) is 16.0. The molecule has 0 amide bonds. The first-order valence-corrected chi connectivity index (χ1v) is 10.1. The van der Waals surface area contributed by atoms with E-state index >= 15 is 0 Å². The average molecular weight is 334 g/mol. The van der Waals surface area contributed by atoms with Gasteiger partial charge in [-0.3, -0.25) is 0 Å². The maximum atomic E-state index is 9.99. The highest BCUT2D eigenvalue weighted by atomic mass is 16.3. The monoisotopic (exact) mass is 333 g/mol. The van der Waals surface area contributed by atoms with Gasteiger partial charge < -0.3 is 10.8 Å². The van der Waals surface area contributed by atoms with Crippen molar-refractivity contribution in [3.63, 3.8) is 0 Å². The molecule has 3 N–H and O–H groups in total. The molecule has 138 valence electrons. The van der Waals surface area contributed by atoms with Crippen LogP contribution >= 0.6 is 0 Å². The van der Waals surface area contributed by atoms with Crippen molar-refractivity contribution >= 4 is 0 Å². The average Bonchev–Trinajstić information content (AvgIpc) is 2.55. The van der Waals surface area contributed by atoms with E-state index in [0.717, 1.165) is 6.42 Å². The molecule has 2 heteroatoms. The molecule has 0 spiro atoms. The Balaban J connectivity index is 2.19. The summed E-state index contributed by atoms with van der Waals surface area (Å²) in [5.41, 5.74) is 6.07. The second-order valence-electron chi connectivity index (χ2n) is 7.64. The minimum absolute atomic E-state index is 0.361. The highest BCUT2D eigenvalue weighted by Gasteiger charge is 2.21. The summed E-state index contributed by atoms with van der Waals surface area (Å²) in [6, 6.07) is 10.5. The van der Waals surface area contributed by atoms with Crippen molar-refractivity contribution in [3.05, 3.63) is 35.9 Å². The lowest BCUT2D eigenvalue weighted by Crippen LogP contribution is -2.37. The van der Waals surface area contributed by atoms with Crippen LogP contribution in [-0.2, 0) is 0 Å². The Morgan fingerprint density at radius 1 is 0.875 bits per heavy atom. The molecule has 1 rings (SSSR count). The van der Waals surface area contributed by atoms with Gasteiger partial charge in [0.15, 0.2) is 0 Å². The smallest absolute Gasteiger partial charge is 0.111 e. The van der Waals surface area contributed by atoms with Crippen molar-refractivity contribution in [2.24, 2.45) is 5.73 Å². The highest BCUT2D eigenvalue weighted by molar-refractivity contribution is 5.19. The van der Waals surface area contributed by atoms with Crippen LogP contribution in [0.4, 0.5) is 0 Å². The van der Waals surface area contributed by atoms with Crippen LogP contribution in [0.3, 0.4) is 0 Å². The van der Waals surface area contributed by atoms with Gasteiger partial charge in [0.1, 0.15) is 5.72 Å². The summed E-state index contributed by atoms with van der Waals surface area (Å²) in [6.45, 7) is 3.98. The van der Waals surface area contributed by atoms with E-state index in [1.807, 2.05) is 6.07 Å². The number of aliphatic hydroxyl groups is 1. The summed E-state index contributed by atoms with van der Waals surface area (Å²) in [7, 11) is 0. The van der Waals surface area contributed by atoms with Crippen molar-refractivity contribution in [1.82, 2.24) is 0 Å². The Labute approximate surface area is 149 Å². The van der Waals surface area contributed by atoms with Gasteiger partial charge in [0.2, 0.25) is 0 Å². The van der Waals surface area contributed by atoms with Gasteiger partial charge in [0, 0.05) is 0 Å². The number of hydrogen-bond donors (Lipinski definition) is 2. The molecule has 0 aromatic heterocycles. The quantitative estimate of drug-likeness (QED) is 0.317. The largest absolute Gasteiger partial charge is 0.376 e. The summed E-state index contributed by atoms with van der Waals surface area (Å²) < 4.78 is 0. The SMILES string of the molecule is CCCCCCCCCCCCC(CC(C)(N)O)c1ccccc1. The zero-order chi connectivity index (χ0) is 17.7. The zero-order valence-electron chi connectivity index (χ0n) is 16.0. The van der Waals surface area contributed by atoms with E-state index in [2.05, 4.69) is 31.2 Å². The highest BCUT2D eigenvalue weighted by Crippen LogP contribution is 2.29. The fourth-order valence-corrected chi connectivity index (χ4v) is 3.49. The Morgan fingerprint density at radius 3 is 1.88 bits per heavy atom. The molecule has 0 radical (unpaired) electrons. The summed E-state index contributed by atoms with van der Waals surface area (Å²) >= 11 is 0. The predicted molar refractivity (Wildman–Crippen MR) is 105 cm³/mol. The standard InChI is InChI=1S/C22H39NO/c1-3-4-5-6-7-8-9-10-11-13-18-21(19-22(2,23)24)20-16-14-12-15-17-20/h12,14-17,21,24H,3-11,13,18-19,23H2,1-2H3.